The summed E-state index contributed by atoms with van der Waals surface area (Å²) in [7, 11) is 1.37. The molecule has 0 spiro atoms. The van der Waals surface area contributed by atoms with Crippen LogP contribution in [0, 0.1) is 0 Å². The summed E-state index contributed by atoms with van der Waals surface area (Å²) >= 11 is 0. The van der Waals surface area contributed by atoms with Gasteiger partial charge in [0.05, 0.1) is 7.11 Å². The zero-order valence-electron chi connectivity index (χ0n) is 13.5. The third-order valence-corrected chi connectivity index (χ3v) is 3.75. The van der Waals surface area contributed by atoms with Gasteiger partial charge in [0.2, 0.25) is 0 Å². The molecule has 0 radical (unpaired) electrons. The van der Waals surface area contributed by atoms with Crippen molar-refractivity contribution >= 4 is 11.9 Å². The van der Waals surface area contributed by atoms with Crippen molar-refractivity contribution in [3.63, 3.8) is 0 Å². The first-order valence-corrected chi connectivity index (χ1v) is 7.35. The highest BCUT2D eigenvalue weighted by atomic mass is 16.6. The zero-order valence-corrected chi connectivity index (χ0v) is 13.5. The van der Waals surface area contributed by atoms with E-state index in [0.29, 0.717) is 18.4 Å². The molecule has 1 aromatic rings. The minimum Gasteiger partial charge on any atom is -0.468 e. The number of hydrogen-bond acceptors (Lipinski definition) is 4. The number of carbonyl (C=O) groups excluding carboxylic acids is 2. The largest absolute Gasteiger partial charge is 0.468 e. The van der Waals surface area contributed by atoms with Gasteiger partial charge in [-0.2, -0.15) is 0 Å². The van der Waals surface area contributed by atoms with Crippen LogP contribution in [0.2, 0.25) is 0 Å². The highest BCUT2D eigenvalue weighted by Crippen LogP contribution is 2.42. The van der Waals surface area contributed by atoms with Gasteiger partial charge in [-0.25, -0.2) is 4.79 Å². The van der Waals surface area contributed by atoms with Crippen molar-refractivity contribution in [3.8, 4) is 0 Å². The summed E-state index contributed by atoms with van der Waals surface area (Å²) in [5, 5.41) is 0. The minimum atomic E-state index is -0.831. The maximum Gasteiger partial charge on any atom is 0.334 e. The number of rotatable bonds is 3. The summed E-state index contributed by atoms with van der Waals surface area (Å²) in [6.45, 7) is 5.47. The van der Waals surface area contributed by atoms with Gasteiger partial charge in [-0.3, -0.25) is 4.79 Å². The summed E-state index contributed by atoms with van der Waals surface area (Å²) in [6.07, 6.45) is 2.54. The Morgan fingerprint density at radius 1 is 1.14 bits per heavy atom. The number of allylic oxidation sites excluding steroid dienone is 1. The number of hydrogen-bond donors (Lipinski definition) is 0. The fraction of sp³-hybridized carbons (Fsp3) is 0.444. The fourth-order valence-electron chi connectivity index (χ4n) is 2.71. The van der Waals surface area contributed by atoms with Gasteiger partial charge in [0, 0.05) is 5.57 Å². The van der Waals surface area contributed by atoms with Crippen LogP contribution in [0.3, 0.4) is 0 Å². The molecule has 0 saturated heterocycles. The van der Waals surface area contributed by atoms with Gasteiger partial charge in [-0.1, -0.05) is 36.4 Å². The maximum atomic E-state index is 12.4. The van der Waals surface area contributed by atoms with Gasteiger partial charge in [-0.05, 0) is 39.2 Å². The van der Waals surface area contributed by atoms with Crippen LogP contribution in [-0.4, -0.2) is 24.6 Å². The Hall–Kier alpha value is -2.10. The predicted octanol–water partition coefficient (Wildman–Crippen LogP) is 3.16. The smallest absolute Gasteiger partial charge is 0.334 e. The molecule has 4 heteroatoms. The number of esters is 2. The third kappa shape index (κ3) is 3.21. The summed E-state index contributed by atoms with van der Waals surface area (Å²) in [5.41, 5.74) is 0.00418. The highest BCUT2D eigenvalue weighted by molar-refractivity contribution is 5.94. The Kier molecular flexibility index (Phi) is 4.40. The van der Waals surface area contributed by atoms with Crippen molar-refractivity contribution in [3.05, 3.63) is 47.5 Å². The maximum absolute atomic E-state index is 12.4. The summed E-state index contributed by atoms with van der Waals surface area (Å²) in [6, 6.07) is 9.44. The quantitative estimate of drug-likeness (QED) is 0.805. The first kappa shape index (κ1) is 16.3. The summed E-state index contributed by atoms with van der Waals surface area (Å²) in [4.78, 5) is 24.6. The van der Waals surface area contributed by atoms with Crippen LogP contribution in [0.1, 0.15) is 39.2 Å². The van der Waals surface area contributed by atoms with E-state index in [9.17, 15) is 9.59 Å². The van der Waals surface area contributed by atoms with Gasteiger partial charge in [-0.15, -0.1) is 0 Å². The molecule has 0 heterocycles. The molecule has 1 aliphatic rings. The molecule has 118 valence electrons. The Balaban J connectivity index is 2.27. The standard InChI is InChI=1S/C18H22O4/c1-17(2,3)22-15(19)13-10-11-18(12-13,16(20)21-4)14-8-6-5-7-9-14/h5-10H,11-12H2,1-4H3/t18-/m0/s1. The minimum absolute atomic E-state index is 0.304. The van der Waals surface area contributed by atoms with Crippen LogP contribution in [0.4, 0.5) is 0 Å². The van der Waals surface area contributed by atoms with Gasteiger partial charge < -0.3 is 9.47 Å². The molecule has 1 aromatic carbocycles. The first-order chi connectivity index (χ1) is 10.3. The molecule has 0 bridgehead atoms. The van der Waals surface area contributed by atoms with E-state index < -0.39 is 11.0 Å². The van der Waals surface area contributed by atoms with Gasteiger partial charge in [0.25, 0.3) is 0 Å². The number of methoxy groups -OCH3 is 1. The second-order valence-electron chi connectivity index (χ2n) is 6.55. The summed E-state index contributed by atoms with van der Waals surface area (Å²) < 4.78 is 10.4. The van der Waals surface area contributed by atoms with Crippen molar-refractivity contribution in [1.82, 2.24) is 0 Å². The predicted molar refractivity (Wildman–Crippen MR) is 83.3 cm³/mol. The lowest BCUT2D eigenvalue weighted by Crippen LogP contribution is -2.35. The molecule has 0 aromatic heterocycles. The van der Waals surface area contributed by atoms with Crippen LogP contribution < -0.4 is 0 Å². The van der Waals surface area contributed by atoms with Crippen molar-refractivity contribution in [1.29, 1.82) is 0 Å². The fourth-order valence-corrected chi connectivity index (χ4v) is 2.71. The Morgan fingerprint density at radius 2 is 1.77 bits per heavy atom. The Morgan fingerprint density at radius 3 is 2.32 bits per heavy atom. The van der Waals surface area contributed by atoms with Crippen molar-refractivity contribution in [2.75, 3.05) is 7.11 Å². The van der Waals surface area contributed by atoms with E-state index in [1.165, 1.54) is 7.11 Å². The van der Waals surface area contributed by atoms with E-state index in [1.807, 2.05) is 51.1 Å². The van der Waals surface area contributed by atoms with Gasteiger partial charge >= 0.3 is 11.9 Å². The van der Waals surface area contributed by atoms with Crippen LogP contribution >= 0.6 is 0 Å². The molecular formula is C18H22O4. The zero-order chi connectivity index (χ0) is 16.4. The SMILES string of the molecule is COC(=O)[C@@]1(c2ccccc2)CC=C(C(=O)OC(C)(C)C)C1. The van der Waals surface area contributed by atoms with Crippen LogP contribution in [-0.2, 0) is 24.5 Å². The molecule has 0 aliphatic heterocycles. The van der Waals surface area contributed by atoms with Gasteiger partial charge in [0.15, 0.2) is 0 Å². The second-order valence-corrected chi connectivity index (χ2v) is 6.55. The monoisotopic (exact) mass is 302 g/mol. The molecule has 2 rings (SSSR count). The van der Waals surface area contributed by atoms with E-state index in [2.05, 4.69) is 0 Å². The Labute approximate surface area is 131 Å². The molecule has 0 fully saturated rings. The van der Waals surface area contributed by atoms with E-state index in [4.69, 9.17) is 9.47 Å². The molecular weight excluding hydrogens is 280 g/mol. The van der Waals surface area contributed by atoms with Crippen LogP contribution in [0.25, 0.3) is 0 Å². The molecule has 0 amide bonds. The Bertz CT molecular complexity index is 595. The van der Waals surface area contributed by atoms with Crippen molar-refractivity contribution in [2.45, 2.75) is 44.6 Å². The third-order valence-electron chi connectivity index (χ3n) is 3.75. The molecule has 1 atom stereocenters. The average Bonchev–Trinajstić information content (AvgIpc) is 2.92. The lowest BCUT2D eigenvalue weighted by molar-refractivity contribution is -0.150. The lowest BCUT2D eigenvalue weighted by atomic mass is 9.77. The molecule has 0 unspecified atom stereocenters. The second kappa shape index (κ2) is 5.95. The average molecular weight is 302 g/mol. The van der Waals surface area contributed by atoms with Crippen molar-refractivity contribution in [2.24, 2.45) is 0 Å². The molecule has 1 aliphatic carbocycles. The molecule has 0 N–H and O–H groups in total. The van der Waals surface area contributed by atoms with E-state index >= 15 is 0 Å². The molecule has 4 nitrogen and oxygen atoms in total. The molecule has 22 heavy (non-hydrogen) atoms. The van der Waals surface area contributed by atoms with Crippen molar-refractivity contribution < 1.29 is 19.1 Å². The number of benzene rings is 1. The van der Waals surface area contributed by atoms with E-state index in [-0.39, 0.29) is 11.9 Å². The van der Waals surface area contributed by atoms with Gasteiger partial charge in [0.1, 0.15) is 11.0 Å². The normalized spacial score (nSPS) is 21.2. The van der Waals surface area contributed by atoms with E-state index in [1.54, 1.807) is 6.08 Å². The lowest BCUT2D eigenvalue weighted by Gasteiger charge is -2.27. The number of carbonyl (C=O) groups is 2. The highest BCUT2D eigenvalue weighted by Gasteiger charge is 2.46. The van der Waals surface area contributed by atoms with E-state index in [0.717, 1.165) is 5.56 Å². The van der Waals surface area contributed by atoms with Crippen LogP contribution in [0.15, 0.2) is 42.0 Å². The number of ether oxygens (including phenoxy) is 2. The molecule has 0 saturated carbocycles. The first-order valence-electron chi connectivity index (χ1n) is 7.35. The summed E-state index contributed by atoms with van der Waals surface area (Å²) in [5.74, 6) is -0.692. The topological polar surface area (TPSA) is 52.6 Å². The van der Waals surface area contributed by atoms with Crippen LogP contribution in [0.5, 0.6) is 0 Å².